The second-order valence-electron chi connectivity index (χ2n) is 6.92. The minimum Gasteiger partial charge on any atom is -0.454 e. The topological polar surface area (TPSA) is 83.2 Å². The lowest BCUT2D eigenvalue weighted by atomic mass is 10.0. The van der Waals surface area contributed by atoms with Crippen LogP contribution in [0.25, 0.3) is 22.6 Å². The molecule has 0 fully saturated rings. The van der Waals surface area contributed by atoms with Gasteiger partial charge in [0.15, 0.2) is 11.5 Å². The Labute approximate surface area is 177 Å². The van der Waals surface area contributed by atoms with Crippen LogP contribution in [-0.4, -0.2) is 27.1 Å². The van der Waals surface area contributed by atoms with Crippen molar-refractivity contribution in [2.45, 2.75) is 24.6 Å². The first-order valence-electron chi connectivity index (χ1n) is 9.42. The Morgan fingerprint density at radius 1 is 0.867 bits per heavy atom. The minimum atomic E-state index is 0.232. The van der Waals surface area contributed by atoms with Crippen LogP contribution < -0.4 is 9.47 Å². The van der Waals surface area contributed by atoms with E-state index in [1.807, 2.05) is 30.3 Å². The molecule has 30 heavy (non-hydrogen) atoms. The molecule has 0 radical (unpaired) electrons. The van der Waals surface area contributed by atoms with Gasteiger partial charge in [-0.2, -0.15) is 4.98 Å². The first kappa shape index (κ1) is 18.6. The average molecular weight is 418 g/mol. The van der Waals surface area contributed by atoms with E-state index in [1.165, 1.54) is 22.9 Å². The standard InChI is InChI=1S/C22H18N4O3S/c1-13-3-4-15(9-14(13)2)17-6-8-21(25-24-17)30-11-20-23-22(26-29-20)16-5-7-18-19(10-16)28-12-27-18/h3-10H,11-12H2,1-2H3. The molecule has 0 atom stereocenters. The lowest BCUT2D eigenvalue weighted by Crippen LogP contribution is -1.92. The maximum Gasteiger partial charge on any atom is 0.237 e. The molecular weight excluding hydrogens is 400 g/mol. The highest BCUT2D eigenvalue weighted by Crippen LogP contribution is 2.35. The molecule has 1 aliphatic rings. The number of fused-ring (bicyclic) bond motifs is 1. The van der Waals surface area contributed by atoms with Crippen molar-refractivity contribution in [3.63, 3.8) is 0 Å². The molecule has 1 aliphatic heterocycles. The molecule has 4 aromatic rings. The van der Waals surface area contributed by atoms with Gasteiger partial charge in [-0.1, -0.05) is 29.1 Å². The molecule has 0 spiro atoms. The zero-order valence-corrected chi connectivity index (χ0v) is 17.3. The highest BCUT2D eigenvalue weighted by atomic mass is 32.2. The summed E-state index contributed by atoms with van der Waals surface area (Å²) in [5.41, 5.74) is 5.23. The number of nitrogens with zero attached hydrogens (tertiary/aromatic N) is 4. The third-order valence-corrected chi connectivity index (χ3v) is 5.79. The molecule has 8 heteroatoms. The fraction of sp³-hybridized carbons (Fsp3) is 0.182. The average Bonchev–Trinajstić information content (AvgIpc) is 3.43. The van der Waals surface area contributed by atoms with Crippen LogP contribution in [0.15, 0.2) is 58.1 Å². The molecule has 0 saturated carbocycles. The summed E-state index contributed by atoms with van der Waals surface area (Å²) >= 11 is 1.50. The van der Waals surface area contributed by atoms with Crippen molar-refractivity contribution in [1.29, 1.82) is 0 Å². The number of ether oxygens (including phenoxy) is 2. The third-order valence-electron chi connectivity index (χ3n) is 4.89. The van der Waals surface area contributed by atoms with Gasteiger partial charge < -0.3 is 14.0 Å². The number of thioether (sulfide) groups is 1. The van der Waals surface area contributed by atoms with E-state index in [0.29, 0.717) is 23.2 Å². The van der Waals surface area contributed by atoms with Gasteiger partial charge in [-0.05, 0) is 61.4 Å². The van der Waals surface area contributed by atoms with Gasteiger partial charge in [0.1, 0.15) is 5.03 Å². The summed E-state index contributed by atoms with van der Waals surface area (Å²) in [6.45, 7) is 4.43. The molecule has 0 bridgehead atoms. The van der Waals surface area contributed by atoms with Gasteiger partial charge in [0, 0.05) is 11.1 Å². The lowest BCUT2D eigenvalue weighted by molar-refractivity contribution is 0.174. The summed E-state index contributed by atoms with van der Waals surface area (Å²) in [6, 6.07) is 15.8. The molecule has 150 valence electrons. The van der Waals surface area contributed by atoms with Gasteiger partial charge in [-0.3, -0.25) is 0 Å². The second kappa shape index (κ2) is 7.79. The van der Waals surface area contributed by atoms with Gasteiger partial charge in [0.05, 0.1) is 11.4 Å². The Morgan fingerprint density at radius 3 is 2.57 bits per heavy atom. The van der Waals surface area contributed by atoms with Gasteiger partial charge in [0.2, 0.25) is 18.5 Å². The summed E-state index contributed by atoms with van der Waals surface area (Å²) in [7, 11) is 0. The number of rotatable bonds is 5. The molecule has 5 rings (SSSR count). The summed E-state index contributed by atoms with van der Waals surface area (Å²) in [4.78, 5) is 4.46. The third kappa shape index (κ3) is 3.73. The number of hydrogen-bond acceptors (Lipinski definition) is 8. The van der Waals surface area contributed by atoms with Crippen molar-refractivity contribution in [3.8, 4) is 34.1 Å². The van der Waals surface area contributed by atoms with Crippen molar-refractivity contribution >= 4 is 11.8 Å². The number of aryl methyl sites for hydroxylation is 2. The van der Waals surface area contributed by atoms with Gasteiger partial charge in [-0.15, -0.1) is 10.2 Å². The van der Waals surface area contributed by atoms with Crippen LogP contribution in [0.1, 0.15) is 17.0 Å². The van der Waals surface area contributed by atoms with Gasteiger partial charge in [0.25, 0.3) is 0 Å². The smallest absolute Gasteiger partial charge is 0.237 e. The lowest BCUT2D eigenvalue weighted by Gasteiger charge is -2.05. The van der Waals surface area contributed by atoms with Crippen molar-refractivity contribution in [3.05, 3.63) is 65.5 Å². The Bertz CT molecular complexity index is 1210. The van der Waals surface area contributed by atoms with Crippen LogP contribution in [-0.2, 0) is 5.75 Å². The van der Waals surface area contributed by atoms with E-state index in [4.69, 9.17) is 14.0 Å². The Morgan fingerprint density at radius 2 is 1.73 bits per heavy atom. The monoisotopic (exact) mass is 418 g/mol. The molecule has 7 nitrogen and oxygen atoms in total. The molecule has 0 amide bonds. The molecule has 0 N–H and O–H groups in total. The van der Waals surface area contributed by atoms with Crippen LogP contribution in [0, 0.1) is 13.8 Å². The van der Waals surface area contributed by atoms with Crippen molar-refractivity contribution < 1.29 is 14.0 Å². The molecule has 2 aromatic heterocycles. The first-order valence-corrected chi connectivity index (χ1v) is 10.4. The number of aromatic nitrogens is 4. The number of benzene rings is 2. The van der Waals surface area contributed by atoms with Gasteiger partial charge >= 0.3 is 0 Å². The van der Waals surface area contributed by atoms with Crippen molar-refractivity contribution in [2.75, 3.05) is 6.79 Å². The van der Waals surface area contributed by atoms with E-state index in [2.05, 4.69) is 52.4 Å². The molecule has 0 aliphatic carbocycles. The summed E-state index contributed by atoms with van der Waals surface area (Å²) in [5.74, 6) is 2.95. The van der Waals surface area contributed by atoms with E-state index in [9.17, 15) is 0 Å². The minimum absolute atomic E-state index is 0.232. The maximum absolute atomic E-state index is 5.40. The predicted molar refractivity (Wildman–Crippen MR) is 112 cm³/mol. The number of hydrogen-bond donors (Lipinski definition) is 0. The van der Waals surface area contributed by atoms with Gasteiger partial charge in [-0.25, -0.2) is 0 Å². The summed E-state index contributed by atoms with van der Waals surface area (Å²) in [6.07, 6.45) is 0. The van der Waals surface area contributed by atoms with Crippen LogP contribution in [0.2, 0.25) is 0 Å². The van der Waals surface area contributed by atoms with Crippen LogP contribution >= 0.6 is 11.8 Å². The summed E-state index contributed by atoms with van der Waals surface area (Å²) in [5, 5.41) is 13.5. The highest BCUT2D eigenvalue weighted by molar-refractivity contribution is 7.98. The zero-order valence-electron chi connectivity index (χ0n) is 16.5. The van der Waals surface area contributed by atoms with Crippen molar-refractivity contribution in [1.82, 2.24) is 20.3 Å². The first-order chi connectivity index (χ1) is 14.7. The van der Waals surface area contributed by atoms with E-state index >= 15 is 0 Å². The van der Waals surface area contributed by atoms with E-state index in [1.54, 1.807) is 0 Å². The molecule has 3 heterocycles. The predicted octanol–water partition coefficient (Wildman–Crippen LogP) is 4.83. The van der Waals surface area contributed by atoms with E-state index in [0.717, 1.165) is 27.6 Å². The quantitative estimate of drug-likeness (QED) is 0.426. The molecule has 0 saturated heterocycles. The Balaban J connectivity index is 1.25. The van der Waals surface area contributed by atoms with E-state index in [-0.39, 0.29) is 6.79 Å². The highest BCUT2D eigenvalue weighted by Gasteiger charge is 2.16. The summed E-state index contributed by atoms with van der Waals surface area (Å²) < 4.78 is 16.1. The van der Waals surface area contributed by atoms with Crippen LogP contribution in [0.3, 0.4) is 0 Å². The Kier molecular flexibility index (Phi) is 4.84. The zero-order chi connectivity index (χ0) is 20.5. The second-order valence-corrected chi connectivity index (χ2v) is 7.92. The largest absolute Gasteiger partial charge is 0.454 e. The molecule has 0 unspecified atom stereocenters. The maximum atomic E-state index is 5.40. The fourth-order valence-electron chi connectivity index (χ4n) is 3.05. The normalized spacial score (nSPS) is 12.3. The van der Waals surface area contributed by atoms with Crippen LogP contribution in [0.4, 0.5) is 0 Å². The molecular formula is C22H18N4O3S. The van der Waals surface area contributed by atoms with E-state index < -0.39 is 0 Å². The fourth-order valence-corrected chi connectivity index (χ4v) is 3.71. The SMILES string of the molecule is Cc1ccc(-c2ccc(SCc3nc(-c4ccc5c(c4)OCO5)no3)nn2)cc1C. The Hall–Kier alpha value is -3.39. The molecule has 2 aromatic carbocycles. The van der Waals surface area contributed by atoms with Crippen molar-refractivity contribution in [2.24, 2.45) is 0 Å². The van der Waals surface area contributed by atoms with Crippen LogP contribution in [0.5, 0.6) is 11.5 Å².